The number of rotatable bonds is 5. The van der Waals surface area contributed by atoms with Crippen molar-refractivity contribution in [2.24, 2.45) is 17.8 Å². The Morgan fingerprint density at radius 3 is 2.06 bits per heavy atom. The summed E-state index contributed by atoms with van der Waals surface area (Å²) in [5.74, 6) is 3.07. The highest BCUT2D eigenvalue weighted by molar-refractivity contribution is 4.77. The topological polar surface area (TPSA) is 4.36 Å². The van der Waals surface area contributed by atoms with E-state index in [0.29, 0.717) is 0 Å². The molecule has 0 saturated heterocycles. The molecule has 0 aromatic carbocycles. The van der Waals surface area contributed by atoms with Crippen LogP contribution in [0.15, 0.2) is 0 Å². The maximum atomic E-state index is 6.82. The molecule has 0 aromatic heterocycles. The molecule has 0 amide bonds. The Kier molecular flexibility index (Phi) is 6.05. The Morgan fingerprint density at radius 1 is 0.778 bits per heavy atom. The molecule has 1 heteroatoms. The van der Waals surface area contributed by atoms with Crippen molar-refractivity contribution < 1.29 is 0 Å². The summed E-state index contributed by atoms with van der Waals surface area (Å²) in [4.78, 5) is 3.46. The first kappa shape index (κ1) is 13.9. The summed E-state index contributed by atoms with van der Waals surface area (Å²) in [6.07, 6.45) is 17.4. The van der Waals surface area contributed by atoms with Gasteiger partial charge in [-0.1, -0.05) is 57.8 Å². The Hall–Kier alpha value is -0.510. The summed E-state index contributed by atoms with van der Waals surface area (Å²) >= 11 is 0. The molecular formula is C17H29N. The maximum Gasteiger partial charge on any atom is 0.214 e. The molecule has 0 atom stereocenters. The second-order valence-corrected chi connectivity index (χ2v) is 6.65. The second-order valence-electron chi connectivity index (χ2n) is 6.65. The largest absolute Gasteiger partial charge is 0.317 e. The van der Waals surface area contributed by atoms with Gasteiger partial charge >= 0.3 is 0 Å². The van der Waals surface area contributed by atoms with Crippen LogP contribution in [0, 0.1) is 24.3 Å². The molecule has 2 fully saturated rings. The third-order valence-electron chi connectivity index (χ3n) is 5.24. The van der Waals surface area contributed by atoms with Crippen LogP contribution in [0.2, 0.25) is 0 Å². The highest BCUT2D eigenvalue weighted by Crippen LogP contribution is 2.38. The van der Waals surface area contributed by atoms with E-state index >= 15 is 0 Å². The van der Waals surface area contributed by atoms with Crippen molar-refractivity contribution in [3.63, 3.8) is 0 Å². The van der Waals surface area contributed by atoms with Gasteiger partial charge in [0.15, 0.2) is 0 Å². The number of nitrogens with zero attached hydrogens (tertiary/aromatic N) is 1. The van der Waals surface area contributed by atoms with Gasteiger partial charge in [0, 0.05) is 6.42 Å². The highest BCUT2D eigenvalue weighted by Gasteiger charge is 2.24. The summed E-state index contributed by atoms with van der Waals surface area (Å²) < 4.78 is 0. The van der Waals surface area contributed by atoms with E-state index in [2.05, 4.69) is 4.85 Å². The van der Waals surface area contributed by atoms with Gasteiger partial charge in [0.1, 0.15) is 0 Å². The van der Waals surface area contributed by atoms with Gasteiger partial charge < -0.3 is 4.85 Å². The van der Waals surface area contributed by atoms with Crippen LogP contribution in [0.1, 0.15) is 77.0 Å². The van der Waals surface area contributed by atoms with E-state index in [1.807, 2.05) is 0 Å². The van der Waals surface area contributed by atoms with Crippen LogP contribution in [0.4, 0.5) is 0 Å². The molecule has 102 valence electrons. The molecule has 0 N–H and O–H groups in total. The molecular weight excluding hydrogens is 218 g/mol. The van der Waals surface area contributed by atoms with Gasteiger partial charge in [0.05, 0.1) is 0 Å². The van der Waals surface area contributed by atoms with Gasteiger partial charge in [0.25, 0.3) is 0 Å². The lowest BCUT2D eigenvalue weighted by Crippen LogP contribution is -2.18. The summed E-state index contributed by atoms with van der Waals surface area (Å²) in [6.45, 7) is 7.57. The second kappa shape index (κ2) is 7.82. The SMILES string of the molecule is [C-]#[N+]CCCC1CCC(CC2CCCCC2)CC1. The fourth-order valence-corrected chi connectivity index (χ4v) is 4.11. The molecule has 0 aliphatic heterocycles. The van der Waals surface area contributed by atoms with Crippen LogP contribution in [-0.2, 0) is 0 Å². The molecule has 0 radical (unpaired) electrons. The van der Waals surface area contributed by atoms with Crippen LogP contribution < -0.4 is 0 Å². The first-order chi connectivity index (χ1) is 8.88. The fraction of sp³-hybridized carbons (Fsp3) is 0.941. The van der Waals surface area contributed by atoms with E-state index < -0.39 is 0 Å². The van der Waals surface area contributed by atoms with Gasteiger partial charge in [-0.2, -0.15) is 0 Å². The van der Waals surface area contributed by atoms with Gasteiger partial charge in [0.2, 0.25) is 6.54 Å². The molecule has 0 aromatic rings. The van der Waals surface area contributed by atoms with Crippen molar-refractivity contribution >= 4 is 0 Å². The van der Waals surface area contributed by atoms with E-state index in [-0.39, 0.29) is 0 Å². The Labute approximate surface area is 113 Å². The minimum Gasteiger partial charge on any atom is -0.317 e. The van der Waals surface area contributed by atoms with Crippen molar-refractivity contribution in [1.82, 2.24) is 0 Å². The summed E-state index contributed by atoms with van der Waals surface area (Å²) in [7, 11) is 0. The van der Waals surface area contributed by atoms with Crippen LogP contribution in [-0.4, -0.2) is 6.54 Å². The molecule has 0 unspecified atom stereocenters. The van der Waals surface area contributed by atoms with Crippen LogP contribution in [0.5, 0.6) is 0 Å². The monoisotopic (exact) mass is 247 g/mol. The summed E-state index contributed by atoms with van der Waals surface area (Å²) in [5, 5.41) is 0. The standard InChI is InChI=1S/C17H29N/c1-18-13-5-8-15-9-11-17(12-10-15)14-16-6-3-2-4-7-16/h15-17H,2-14H2. The smallest absolute Gasteiger partial charge is 0.214 e. The van der Waals surface area contributed by atoms with Crippen molar-refractivity contribution in [2.45, 2.75) is 77.0 Å². The van der Waals surface area contributed by atoms with Crippen molar-refractivity contribution in [3.05, 3.63) is 11.4 Å². The molecule has 18 heavy (non-hydrogen) atoms. The minimum atomic E-state index is 0.752. The zero-order valence-corrected chi connectivity index (χ0v) is 11.9. The number of hydrogen-bond acceptors (Lipinski definition) is 0. The van der Waals surface area contributed by atoms with E-state index in [9.17, 15) is 0 Å². The predicted octanol–water partition coefficient (Wildman–Crippen LogP) is 5.46. The van der Waals surface area contributed by atoms with Crippen molar-refractivity contribution in [1.29, 1.82) is 0 Å². The van der Waals surface area contributed by atoms with E-state index in [0.717, 1.165) is 30.7 Å². The molecule has 1 nitrogen and oxygen atoms in total. The van der Waals surface area contributed by atoms with Gasteiger partial charge in [-0.3, -0.25) is 0 Å². The van der Waals surface area contributed by atoms with E-state index in [1.165, 1.54) is 70.6 Å². The van der Waals surface area contributed by atoms with E-state index in [4.69, 9.17) is 6.57 Å². The molecule has 2 saturated carbocycles. The molecule has 2 aliphatic carbocycles. The zero-order valence-electron chi connectivity index (χ0n) is 11.9. The van der Waals surface area contributed by atoms with Crippen LogP contribution in [0.25, 0.3) is 4.85 Å². The molecule has 2 rings (SSSR count). The van der Waals surface area contributed by atoms with Gasteiger partial charge in [-0.05, 0) is 30.6 Å². The van der Waals surface area contributed by atoms with Crippen LogP contribution >= 0.6 is 0 Å². The molecule has 0 spiro atoms. The average Bonchev–Trinajstić information content (AvgIpc) is 2.42. The lowest BCUT2D eigenvalue weighted by atomic mass is 9.74. The highest BCUT2D eigenvalue weighted by atomic mass is 14.6. The van der Waals surface area contributed by atoms with Gasteiger partial charge in [-0.15, -0.1) is 0 Å². The Balaban J connectivity index is 1.59. The Morgan fingerprint density at radius 2 is 1.39 bits per heavy atom. The van der Waals surface area contributed by atoms with E-state index in [1.54, 1.807) is 0 Å². The normalized spacial score (nSPS) is 29.9. The molecule has 0 heterocycles. The van der Waals surface area contributed by atoms with Gasteiger partial charge in [-0.25, -0.2) is 6.57 Å². The molecule has 0 bridgehead atoms. The zero-order chi connectivity index (χ0) is 12.6. The lowest BCUT2D eigenvalue weighted by molar-refractivity contribution is 0.206. The average molecular weight is 247 g/mol. The van der Waals surface area contributed by atoms with Crippen LogP contribution in [0.3, 0.4) is 0 Å². The third kappa shape index (κ3) is 4.63. The third-order valence-corrected chi connectivity index (χ3v) is 5.24. The fourth-order valence-electron chi connectivity index (χ4n) is 4.11. The maximum absolute atomic E-state index is 6.82. The first-order valence-corrected chi connectivity index (χ1v) is 8.21. The quantitative estimate of drug-likeness (QED) is 0.448. The Bertz CT molecular complexity index is 251. The summed E-state index contributed by atoms with van der Waals surface area (Å²) in [5.41, 5.74) is 0. The van der Waals surface area contributed by atoms with Crippen molar-refractivity contribution in [3.8, 4) is 0 Å². The number of hydrogen-bond donors (Lipinski definition) is 0. The first-order valence-electron chi connectivity index (χ1n) is 8.21. The van der Waals surface area contributed by atoms with Crippen molar-refractivity contribution in [2.75, 3.05) is 6.54 Å². The minimum absolute atomic E-state index is 0.752. The predicted molar refractivity (Wildman–Crippen MR) is 77.3 cm³/mol. The summed E-state index contributed by atoms with van der Waals surface area (Å²) in [6, 6.07) is 0. The molecule has 2 aliphatic rings. The lowest BCUT2D eigenvalue weighted by Gasteiger charge is -2.32.